The number of hydrogen-bond donors (Lipinski definition) is 2. The van der Waals surface area contributed by atoms with Gasteiger partial charge in [-0.1, -0.05) is 0 Å². The molecule has 3 saturated heterocycles. The minimum atomic E-state index is -0.568. The molecule has 132 valence electrons. The van der Waals surface area contributed by atoms with Crippen molar-refractivity contribution in [1.29, 1.82) is 0 Å². The standard InChI is InChI=1S/C18H25F2N3O/c19-12-1-2-15(20)14(7-12)17-16(21)8-13(9-24-17)23-6-4-18(11-23)3-5-22-10-18/h1-2,7,13,16-17,22H,3-6,8-11,21H2. The van der Waals surface area contributed by atoms with Gasteiger partial charge in [-0.25, -0.2) is 8.78 Å². The molecule has 1 aromatic carbocycles. The molecule has 0 amide bonds. The molecule has 3 aliphatic heterocycles. The number of benzene rings is 1. The van der Waals surface area contributed by atoms with Crippen molar-refractivity contribution in [2.24, 2.45) is 11.1 Å². The largest absolute Gasteiger partial charge is 0.370 e. The fourth-order valence-corrected chi connectivity index (χ4v) is 4.58. The molecule has 4 unspecified atom stereocenters. The van der Waals surface area contributed by atoms with Crippen LogP contribution in [-0.4, -0.2) is 49.8 Å². The quantitative estimate of drug-likeness (QED) is 0.864. The van der Waals surface area contributed by atoms with Crippen molar-refractivity contribution >= 4 is 0 Å². The van der Waals surface area contributed by atoms with Crippen LogP contribution in [0, 0.1) is 17.0 Å². The first-order chi connectivity index (χ1) is 11.6. The molecule has 4 rings (SSSR count). The molecule has 4 atom stereocenters. The highest BCUT2D eigenvalue weighted by Crippen LogP contribution is 2.39. The predicted molar refractivity (Wildman–Crippen MR) is 87.5 cm³/mol. The van der Waals surface area contributed by atoms with Gasteiger partial charge in [-0.05, 0) is 56.0 Å². The first-order valence-electron chi connectivity index (χ1n) is 8.83. The van der Waals surface area contributed by atoms with Crippen LogP contribution in [-0.2, 0) is 4.74 Å². The van der Waals surface area contributed by atoms with Gasteiger partial charge in [0.2, 0.25) is 0 Å². The molecule has 4 nitrogen and oxygen atoms in total. The summed E-state index contributed by atoms with van der Waals surface area (Å²) in [6, 6.07) is 3.42. The number of rotatable bonds is 2. The second kappa shape index (κ2) is 6.33. The maximum Gasteiger partial charge on any atom is 0.129 e. The summed E-state index contributed by atoms with van der Waals surface area (Å²) >= 11 is 0. The molecule has 0 bridgehead atoms. The zero-order valence-corrected chi connectivity index (χ0v) is 13.8. The van der Waals surface area contributed by atoms with Gasteiger partial charge in [0.15, 0.2) is 0 Å². The molecule has 1 spiro atoms. The van der Waals surface area contributed by atoms with E-state index in [1.807, 2.05) is 0 Å². The maximum absolute atomic E-state index is 14.0. The van der Waals surface area contributed by atoms with Gasteiger partial charge in [-0.2, -0.15) is 0 Å². The average Bonchev–Trinajstić information content (AvgIpc) is 3.20. The summed E-state index contributed by atoms with van der Waals surface area (Å²) < 4.78 is 33.3. The minimum absolute atomic E-state index is 0.235. The smallest absolute Gasteiger partial charge is 0.129 e. The van der Waals surface area contributed by atoms with Gasteiger partial charge in [-0.3, -0.25) is 4.90 Å². The minimum Gasteiger partial charge on any atom is -0.370 e. The van der Waals surface area contributed by atoms with E-state index in [0.29, 0.717) is 12.0 Å². The second-order valence-electron chi connectivity index (χ2n) is 7.62. The lowest BCUT2D eigenvalue weighted by Gasteiger charge is -2.39. The summed E-state index contributed by atoms with van der Waals surface area (Å²) in [6.07, 6.45) is 2.64. The lowest BCUT2D eigenvalue weighted by molar-refractivity contribution is -0.0487. The lowest BCUT2D eigenvalue weighted by atomic mass is 9.86. The molecule has 3 aliphatic rings. The Morgan fingerprint density at radius 1 is 1.29 bits per heavy atom. The van der Waals surface area contributed by atoms with E-state index >= 15 is 0 Å². The third-order valence-corrected chi connectivity index (χ3v) is 5.98. The second-order valence-corrected chi connectivity index (χ2v) is 7.62. The summed E-state index contributed by atoms with van der Waals surface area (Å²) in [7, 11) is 0. The summed E-state index contributed by atoms with van der Waals surface area (Å²) in [5, 5.41) is 3.47. The summed E-state index contributed by atoms with van der Waals surface area (Å²) in [5.74, 6) is -0.910. The molecular formula is C18H25F2N3O. The third-order valence-electron chi connectivity index (χ3n) is 5.98. The monoisotopic (exact) mass is 337 g/mol. The molecule has 6 heteroatoms. The highest BCUT2D eigenvalue weighted by molar-refractivity contribution is 5.23. The molecule has 0 radical (unpaired) electrons. The van der Waals surface area contributed by atoms with E-state index in [4.69, 9.17) is 10.5 Å². The first kappa shape index (κ1) is 16.4. The van der Waals surface area contributed by atoms with E-state index in [2.05, 4.69) is 10.2 Å². The summed E-state index contributed by atoms with van der Waals surface area (Å²) in [5.41, 5.74) is 6.93. The van der Waals surface area contributed by atoms with Crippen molar-refractivity contribution in [1.82, 2.24) is 10.2 Å². The van der Waals surface area contributed by atoms with Crippen molar-refractivity contribution in [3.63, 3.8) is 0 Å². The Kier molecular flexibility index (Phi) is 4.33. The predicted octanol–water partition coefficient (Wildman–Crippen LogP) is 1.81. The van der Waals surface area contributed by atoms with Gasteiger partial charge in [0.1, 0.15) is 17.7 Å². The summed E-state index contributed by atoms with van der Waals surface area (Å²) in [6.45, 7) is 4.88. The van der Waals surface area contributed by atoms with Crippen molar-refractivity contribution in [2.45, 2.75) is 37.5 Å². The van der Waals surface area contributed by atoms with E-state index < -0.39 is 17.7 Å². The Hall–Kier alpha value is -1.08. The molecular weight excluding hydrogens is 312 g/mol. The molecule has 0 aliphatic carbocycles. The Morgan fingerprint density at radius 3 is 2.92 bits per heavy atom. The number of likely N-dealkylation sites (tertiary alicyclic amines) is 1. The van der Waals surface area contributed by atoms with Crippen LogP contribution in [0.5, 0.6) is 0 Å². The normalized spacial score (nSPS) is 37.4. The number of hydrogen-bond acceptors (Lipinski definition) is 4. The van der Waals surface area contributed by atoms with Gasteiger partial charge >= 0.3 is 0 Å². The summed E-state index contributed by atoms with van der Waals surface area (Å²) in [4.78, 5) is 2.48. The van der Waals surface area contributed by atoms with Crippen LogP contribution in [0.15, 0.2) is 18.2 Å². The van der Waals surface area contributed by atoms with Crippen LogP contribution in [0.3, 0.4) is 0 Å². The van der Waals surface area contributed by atoms with E-state index in [0.717, 1.165) is 44.7 Å². The highest BCUT2D eigenvalue weighted by Gasteiger charge is 2.44. The molecule has 3 N–H and O–H groups in total. The maximum atomic E-state index is 14.0. The molecule has 3 heterocycles. The van der Waals surface area contributed by atoms with Crippen molar-refractivity contribution < 1.29 is 13.5 Å². The number of nitrogens with one attached hydrogen (secondary N) is 1. The zero-order chi connectivity index (χ0) is 16.7. The first-order valence-corrected chi connectivity index (χ1v) is 8.83. The zero-order valence-electron chi connectivity index (χ0n) is 13.8. The average molecular weight is 337 g/mol. The van der Waals surface area contributed by atoms with Crippen molar-refractivity contribution in [2.75, 3.05) is 32.8 Å². The third kappa shape index (κ3) is 2.96. The van der Waals surface area contributed by atoms with Crippen LogP contribution in [0.25, 0.3) is 0 Å². The fourth-order valence-electron chi connectivity index (χ4n) is 4.58. The molecule has 0 saturated carbocycles. The number of ether oxygens (including phenoxy) is 1. The van der Waals surface area contributed by atoms with Crippen LogP contribution >= 0.6 is 0 Å². The Labute approximate surface area is 141 Å². The Balaban J connectivity index is 1.42. The van der Waals surface area contributed by atoms with Crippen molar-refractivity contribution in [3.8, 4) is 0 Å². The Morgan fingerprint density at radius 2 is 2.17 bits per heavy atom. The van der Waals surface area contributed by atoms with E-state index in [1.54, 1.807) is 0 Å². The fraction of sp³-hybridized carbons (Fsp3) is 0.667. The van der Waals surface area contributed by atoms with E-state index in [9.17, 15) is 8.78 Å². The van der Waals surface area contributed by atoms with Gasteiger partial charge < -0.3 is 15.8 Å². The molecule has 24 heavy (non-hydrogen) atoms. The lowest BCUT2D eigenvalue weighted by Crippen LogP contribution is -2.49. The van der Waals surface area contributed by atoms with Gasteiger partial charge in [0, 0.05) is 30.7 Å². The van der Waals surface area contributed by atoms with Crippen LogP contribution in [0.2, 0.25) is 0 Å². The van der Waals surface area contributed by atoms with Gasteiger partial charge in [0.05, 0.1) is 6.61 Å². The van der Waals surface area contributed by atoms with Crippen LogP contribution in [0.4, 0.5) is 8.78 Å². The number of nitrogens with zero attached hydrogens (tertiary/aromatic N) is 1. The van der Waals surface area contributed by atoms with Crippen LogP contribution in [0.1, 0.15) is 30.9 Å². The Bertz CT molecular complexity index is 606. The van der Waals surface area contributed by atoms with E-state index in [-0.39, 0.29) is 17.6 Å². The van der Waals surface area contributed by atoms with E-state index in [1.165, 1.54) is 18.9 Å². The number of nitrogens with two attached hydrogens (primary N) is 1. The molecule has 0 aromatic heterocycles. The molecule has 1 aromatic rings. The number of halogens is 2. The van der Waals surface area contributed by atoms with Gasteiger partial charge in [-0.15, -0.1) is 0 Å². The van der Waals surface area contributed by atoms with Gasteiger partial charge in [0.25, 0.3) is 0 Å². The highest BCUT2D eigenvalue weighted by atomic mass is 19.1. The SMILES string of the molecule is NC1CC(N2CCC3(CCNC3)C2)COC1c1cc(F)ccc1F. The van der Waals surface area contributed by atoms with Crippen molar-refractivity contribution in [3.05, 3.63) is 35.4 Å². The van der Waals surface area contributed by atoms with Crippen LogP contribution < -0.4 is 11.1 Å². The topological polar surface area (TPSA) is 50.5 Å². The molecule has 3 fully saturated rings.